The van der Waals surface area contributed by atoms with Gasteiger partial charge < -0.3 is 19.7 Å². The lowest BCUT2D eigenvalue weighted by molar-refractivity contribution is 0.306. The summed E-state index contributed by atoms with van der Waals surface area (Å²) in [4.78, 5) is 11.2. The number of hydrogen-bond acceptors (Lipinski definition) is 6. The van der Waals surface area contributed by atoms with Crippen LogP contribution >= 0.6 is 0 Å². The second-order valence-electron chi connectivity index (χ2n) is 7.81. The van der Waals surface area contributed by atoms with Crippen molar-refractivity contribution in [3.05, 3.63) is 109 Å². The molecule has 1 N–H and O–H groups in total. The summed E-state index contributed by atoms with van der Waals surface area (Å²) in [5.41, 5.74) is 2.82. The molecule has 0 saturated heterocycles. The first kappa shape index (κ1) is 20.6. The summed E-state index contributed by atoms with van der Waals surface area (Å²) in [6.45, 7) is 1.35. The van der Waals surface area contributed by atoms with Crippen LogP contribution in [0.25, 0.3) is 10.9 Å². The lowest BCUT2D eigenvalue weighted by Gasteiger charge is -2.17. The third-order valence-electron chi connectivity index (χ3n) is 5.20. The fourth-order valence-corrected chi connectivity index (χ4v) is 3.44. The normalized spacial score (nSPS) is 13.0. The molecule has 164 valence electrons. The molecular weight excluding hydrogens is 412 g/mol. The van der Waals surface area contributed by atoms with Crippen LogP contribution in [-0.4, -0.2) is 28.5 Å². The van der Waals surface area contributed by atoms with E-state index in [-0.39, 0.29) is 0 Å². The number of fused-ring (bicyclic) bond motifs is 1. The molecule has 0 spiro atoms. The SMILES string of the molecule is CN1C=CC(Oc2ccc3nc(Nc4cccc(OCc5ccccc5)c4)ncc3c2)=CC1. The van der Waals surface area contributed by atoms with Crippen LogP contribution in [0.15, 0.2) is 103 Å². The second-order valence-corrected chi connectivity index (χ2v) is 7.81. The van der Waals surface area contributed by atoms with Crippen molar-refractivity contribution < 1.29 is 9.47 Å². The Morgan fingerprint density at radius 2 is 1.88 bits per heavy atom. The first-order chi connectivity index (χ1) is 16.2. The van der Waals surface area contributed by atoms with Gasteiger partial charge >= 0.3 is 0 Å². The molecule has 4 aromatic rings. The predicted molar refractivity (Wildman–Crippen MR) is 131 cm³/mol. The van der Waals surface area contributed by atoms with Gasteiger partial charge in [0.15, 0.2) is 0 Å². The minimum Gasteiger partial charge on any atom is -0.489 e. The Morgan fingerprint density at radius 3 is 2.73 bits per heavy atom. The Bertz CT molecular complexity index is 1320. The van der Waals surface area contributed by atoms with E-state index in [1.807, 2.05) is 98.2 Å². The topological polar surface area (TPSA) is 59.5 Å². The van der Waals surface area contributed by atoms with E-state index >= 15 is 0 Å². The van der Waals surface area contributed by atoms with Crippen LogP contribution in [0.3, 0.4) is 0 Å². The number of anilines is 2. The molecule has 0 saturated carbocycles. The average Bonchev–Trinajstić information content (AvgIpc) is 2.85. The smallest absolute Gasteiger partial charge is 0.227 e. The molecule has 0 amide bonds. The minimum atomic E-state index is 0.518. The van der Waals surface area contributed by atoms with Crippen molar-refractivity contribution in [2.75, 3.05) is 18.9 Å². The van der Waals surface area contributed by atoms with E-state index in [0.717, 1.165) is 46.0 Å². The largest absolute Gasteiger partial charge is 0.489 e. The van der Waals surface area contributed by atoms with Gasteiger partial charge in [0, 0.05) is 43.1 Å². The molecule has 0 bridgehead atoms. The van der Waals surface area contributed by atoms with Crippen LogP contribution in [0.1, 0.15) is 5.56 Å². The Hall–Kier alpha value is -4.32. The van der Waals surface area contributed by atoms with Gasteiger partial charge in [-0.05, 0) is 48.0 Å². The fourth-order valence-electron chi connectivity index (χ4n) is 3.44. The van der Waals surface area contributed by atoms with Crippen LogP contribution < -0.4 is 14.8 Å². The van der Waals surface area contributed by atoms with Crippen LogP contribution in [0.2, 0.25) is 0 Å². The predicted octanol–water partition coefficient (Wildman–Crippen LogP) is 5.67. The van der Waals surface area contributed by atoms with Crippen LogP contribution in [0.5, 0.6) is 11.5 Å². The van der Waals surface area contributed by atoms with Crippen molar-refractivity contribution in [2.45, 2.75) is 6.61 Å². The Kier molecular flexibility index (Phi) is 5.89. The van der Waals surface area contributed by atoms with Crippen LogP contribution in [0.4, 0.5) is 11.6 Å². The van der Waals surface area contributed by atoms with E-state index < -0.39 is 0 Å². The van der Waals surface area contributed by atoms with Gasteiger partial charge in [-0.3, -0.25) is 0 Å². The summed E-state index contributed by atoms with van der Waals surface area (Å²) in [6, 6.07) is 23.7. The van der Waals surface area contributed by atoms with E-state index in [1.54, 1.807) is 6.20 Å². The average molecular weight is 437 g/mol. The third-order valence-corrected chi connectivity index (χ3v) is 5.20. The van der Waals surface area contributed by atoms with Gasteiger partial charge in [-0.2, -0.15) is 0 Å². The Balaban J connectivity index is 1.26. The van der Waals surface area contributed by atoms with E-state index in [0.29, 0.717) is 12.6 Å². The van der Waals surface area contributed by atoms with Gasteiger partial charge in [-0.1, -0.05) is 36.4 Å². The monoisotopic (exact) mass is 436 g/mol. The molecule has 1 aliphatic rings. The van der Waals surface area contributed by atoms with Gasteiger partial charge in [-0.25, -0.2) is 9.97 Å². The molecule has 3 aromatic carbocycles. The Morgan fingerprint density at radius 1 is 0.970 bits per heavy atom. The molecule has 6 nitrogen and oxygen atoms in total. The van der Waals surface area contributed by atoms with Crippen LogP contribution in [0, 0.1) is 0 Å². The molecule has 5 rings (SSSR count). The van der Waals surface area contributed by atoms with Crippen molar-refractivity contribution in [1.82, 2.24) is 14.9 Å². The maximum absolute atomic E-state index is 5.97. The molecule has 0 atom stereocenters. The number of aromatic nitrogens is 2. The highest BCUT2D eigenvalue weighted by atomic mass is 16.5. The molecule has 1 aliphatic heterocycles. The lowest BCUT2D eigenvalue weighted by atomic mass is 10.2. The summed E-state index contributed by atoms with van der Waals surface area (Å²) in [5, 5.41) is 4.18. The fraction of sp³-hybridized carbons (Fsp3) is 0.111. The second kappa shape index (κ2) is 9.44. The molecule has 0 fully saturated rings. The maximum Gasteiger partial charge on any atom is 0.227 e. The standard InChI is InChI=1S/C27H24N4O2/c1-31-14-12-23(13-15-31)33-25-10-11-26-21(16-25)18-28-27(30-26)29-22-8-5-9-24(17-22)32-19-20-6-3-2-4-7-20/h2-14,16-18H,15,19H2,1H3,(H,28,29,30). The molecular formula is C27H24N4O2. The number of rotatable bonds is 7. The van der Waals surface area contributed by atoms with Gasteiger partial charge in [0.2, 0.25) is 5.95 Å². The highest BCUT2D eigenvalue weighted by Gasteiger charge is 2.07. The van der Waals surface area contributed by atoms with Crippen molar-refractivity contribution in [1.29, 1.82) is 0 Å². The third kappa shape index (κ3) is 5.30. The number of nitrogens with zero attached hydrogens (tertiary/aromatic N) is 3. The Labute approximate surface area is 192 Å². The van der Waals surface area contributed by atoms with Gasteiger partial charge in [0.25, 0.3) is 0 Å². The van der Waals surface area contributed by atoms with E-state index in [4.69, 9.17) is 9.47 Å². The number of hydrogen-bond donors (Lipinski definition) is 1. The summed E-state index contributed by atoms with van der Waals surface area (Å²) < 4.78 is 11.9. The molecule has 33 heavy (non-hydrogen) atoms. The van der Waals surface area contributed by atoms with E-state index in [9.17, 15) is 0 Å². The summed E-state index contributed by atoms with van der Waals surface area (Å²) in [7, 11) is 2.02. The number of ether oxygens (including phenoxy) is 2. The quantitative estimate of drug-likeness (QED) is 0.403. The molecule has 1 aromatic heterocycles. The number of likely N-dealkylation sites (N-methyl/N-ethyl adjacent to an activating group) is 1. The zero-order chi connectivity index (χ0) is 22.5. The van der Waals surface area contributed by atoms with E-state index in [1.165, 1.54) is 0 Å². The lowest BCUT2D eigenvalue weighted by Crippen LogP contribution is -2.15. The zero-order valence-corrected chi connectivity index (χ0v) is 18.3. The van der Waals surface area contributed by atoms with Crippen molar-refractivity contribution in [3.63, 3.8) is 0 Å². The van der Waals surface area contributed by atoms with Crippen molar-refractivity contribution in [3.8, 4) is 11.5 Å². The minimum absolute atomic E-state index is 0.518. The zero-order valence-electron chi connectivity index (χ0n) is 18.3. The summed E-state index contributed by atoms with van der Waals surface area (Å²) in [6.07, 6.45) is 7.80. The first-order valence-electron chi connectivity index (χ1n) is 10.8. The van der Waals surface area contributed by atoms with Gasteiger partial charge in [0.05, 0.1) is 5.52 Å². The molecule has 6 heteroatoms. The first-order valence-corrected chi connectivity index (χ1v) is 10.8. The highest BCUT2D eigenvalue weighted by molar-refractivity contribution is 5.80. The number of allylic oxidation sites excluding steroid dienone is 1. The molecule has 2 heterocycles. The molecule has 0 radical (unpaired) electrons. The van der Waals surface area contributed by atoms with Gasteiger partial charge in [-0.15, -0.1) is 0 Å². The highest BCUT2D eigenvalue weighted by Crippen LogP contribution is 2.25. The number of benzene rings is 3. The maximum atomic E-state index is 5.97. The number of nitrogens with one attached hydrogen (secondary N) is 1. The van der Waals surface area contributed by atoms with E-state index in [2.05, 4.69) is 20.2 Å². The molecule has 0 unspecified atom stereocenters. The summed E-state index contributed by atoms with van der Waals surface area (Å²) >= 11 is 0. The van der Waals surface area contributed by atoms with Crippen molar-refractivity contribution in [2.24, 2.45) is 0 Å². The summed E-state index contributed by atoms with van der Waals surface area (Å²) in [5.74, 6) is 2.90. The molecule has 0 aliphatic carbocycles. The van der Waals surface area contributed by atoms with Crippen LogP contribution in [-0.2, 0) is 6.61 Å². The van der Waals surface area contributed by atoms with Crippen molar-refractivity contribution >= 4 is 22.5 Å². The van der Waals surface area contributed by atoms with Gasteiger partial charge in [0.1, 0.15) is 23.9 Å².